The first kappa shape index (κ1) is 15.4. The molecule has 9 heteroatoms. The summed E-state index contributed by atoms with van der Waals surface area (Å²) in [5, 5.41) is 10.6. The molecule has 0 bridgehead atoms. The summed E-state index contributed by atoms with van der Waals surface area (Å²) in [7, 11) is -4.07. The lowest BCUT2D eigenvalue weighted by atomic mass is 10.3. The van der Waals surface area contributed by atoms with E-state index in [2.05, 4.69) is 0 Å². The van der Waals surface area contributed by atoms with Crippen molar-refractivity contribution in [2.45, 2.75) is 30.9 Å². The van der Waals surface area contributed by atoms with Crippen molar-refractivity contribution in [1.29, 1.82) is 0 Å². The third kappa shape index (κ3) is 2.88. The summed E-state index contributed by atoms with van der Waals surface area (Å²) in [6, 6.07) is 4.40. The number of ether oxygens (including phenoxy) is 1. The van der Waals surface area contributed by atoms with Crippen LogP contribution in [0.2, 0.25) is 0 Å². The number of amides is 1. The van der Waals surface area contributed by atoms with Gasteiger partial charge >= 0.3 is 0 Å². The molecule has 2 rings (SSSR count). The van der Waals surface area contributed by atoms with Gasteiger partial charge in [0.1, 0.15) is 6.23 Å². The van der Waals surface area contributed by atoms with Gasteiger partial charge in [-0.2, -0.15) is 0 Å². The Labute approximate surface area is 121 Å². The van der Waals surface area contributed by atoms with Gasteiger partial charge in [0, 0.05) is 31.6 Å². The van der Waals surface area contributed by atoms with E-state index in [9.17, 15) is 23.3 Å². The van der Waals surface area contributed by atoms with Crippen LogP contribution in [0.1, 0.15) is 19.8 Å². The highest BCUT2D eigenvalue weighted by Gasteiger charge is 2.41. The molecule has 1 fully saturated rings. The number of nitro groups is 1. The molecule has 114 valence electrons. The minimum absolute atomic E-state index is 0.0941. The predicted molar refractivity (Wildman–Crippen MR) is 71.8 cm³/mol. The molecule has 0 N–H and O–H groups in total. The van der Waals surface area contributed by atoms with Crippen LogP contribution in [0, 0.1) is 10.1 Å². The molecule has 1 aromatic carbocycles. The van der Waals surface area contributed by atoms with Gasteiger partial charge < -0.3 is 4.74 Å². The first-order valence-corrected chi connectivity index (χ1v) is 7.75. The first-order chi connectivity index (χ1) is 9.87. The quantitative estimate of drug-likeness (QED) is 0.598. The van der Waals surface area contributed by atoms with Gasteiger partial charge in [-0.1, -0.05) is 0 Å². The summed E-state index contributed by atoms with van der Waals surface area (Å²) in [6.45, 7) is 1.99. The van der Waals surface area contributed by atoms with Crippen LogP contribution in [0.15, 0.2) is 29.2 Å². The van der Waals surface area contributed by atoms with E-state index in [1.165, 1.54) is 0 Å². The Bertz CT molecular complexity index is 655. The lowest BCUT2D eigenvalue weighted by molar-refractivity contribution is -0.384. The summed E-state index contributed by atoms with van der Waals surface area (Å²) >= 11 is 0. The third-order valence-corrected chi connectivity index (χ3v) is 4.90. The predicted octanol–water partition coefficient (Wildman–Crippen LogP) is 1.27. The Kier molecular flexibility index (Phi) is 4.24. The molecular formula is C12H14N2O6S. The van der Waals surface area contributed by atoms with Crippen molar-refractivity contribution in [3.63, 3.8) is 0 Å². The second-order valence-corrected chi connectivity index (χ2v) is 6.21. The Morgan fingerprint density at radius 3 is 2.52 bits per heavy atom. The monoisotopic (exact) mass is 314 g/mol. The number of hydrogen-bond donors (Lipinski definition) is 0. The van der Waals surface area contributed by atoms with Gasteiger partial charge in [0.2, 0.25) is 5.91 Å². The smallest absolute Gasteiger partial charge is 0.269 e. The van der Waals surface area contributed by atoms with Crippen molar-refractivity contribution in [1.82, 2.24) is 4.31 Å². The summed E-state index contributed by atoms with van der Waals surface area (Å²) in [4.78, 5) is 21.6. The van der Waals surface area contributed by atoms with Crippen molar-refractivity contribution in [2.75, 3.05) is 6.61 Å². The van der Waals surface area contributed by atoms with Gasteiger partial charge in [0.25, 0.3) is 15.7 Å². The van der Waals surface area contributed by atoms with Crippen molar-refractivity contribution in [3.05, 3.63) is 34.4 Å². The lowest BCUT2D eigenvalue weighted by Crippen LogP contribution is -2.40. The van der Waals surface area contributed by atoms with Crippen molar-refractivity contribution >= 4 is 21.6 Å². The van der Waals surface area contributed by atoms with Crippen LogP contribution >= 0.6 is 0 Å². The van der Waals surface area contributed by atoms with E-state index in [0.29, 0.717) is 6.42 Å². The van der Waals surface area contributed by atoms with Crippen LogP contribution < -0.4 is 0 Å². The standard InChI is InChI=1S/C12H14N2O6S/c1-2-20-12-8-7-11(15)13(12)21(18,19)10-5-3-9(4-6-10)14(16)17/h3-6,12H,2,7-8H2,1H3/t12-/m0/s1. The molecule has 1 aliphatic rings. The second-order valence-electron chi connectivity index (χ2n) is 4.39. The highest BCUT2D eigenvalue weighted by molar-refractivity contribution is 7.89. The zero-order chi connectivity index (χ0) is 15.6. The molecule has 1 amide bonds. The fourth-order valence-corrected chi connectivity index (χ4v) is 3.66. The molecule has 1 aromatic rings. The van der Waals surface area contributed by atoms with E-state index in [4.69, 9.17) is 4.74 Å². The number of hydrogen-bond acceptors (Lipinski definition) is 6. The van der Waals surface area contributed by atoms with Crippen molar-refractivity contribution in [3.8, 4) is 0 Å². The van der Waals surface area contributed by atoms with E-state index < -0.39 is 27.1 Å². The fraction of sp³-hybridized carbons (Fsp3) is 0.417. The Hall–Kier alpha value is -2.00. The average Bonchev–Trinajstić information content (AvgIpc) is 2.81. The zero-order valence-corrected chi connectivity index (χ0v) is 12.1. The minimum Gasteiger partial charge on any atom is -0.357 e. The molecular weight excluding hydrogens is 300 g/mol. The number of non-ortho nitro benzene ring substituents is 1. The average molecular weight is 314 g/mol. The molecule has 0 spiro atoms. The van der Waals surface area contributed by atoms with Gasteiger partial charge in [-0.25, -0.2) is 12.7 Å². The van der Waals surface area contributed by atoms with Crippen molar-refractivity contribution in [2.24, 2.45) is 0 Å². The Morgan fingerprint density at radius 2 is 2.00 bits per heavy atom. The molecule has 0 unspecified atom stereocenters. The highest BCUT2D eigenvalue weighted by Crippen LogP contribution is 2.28. The van der Waals surface area contributed by atoms with Gasteiger partial charge in [-0.05, 0) is 19.1 Å². The van der Waals surface area contributed by atoms with E-state index in [1.54, 1.807) is 6.92 Å². The van der Waals surface area contributed by atoms with Crippen LogP contribution in [0.25, 0.3) is 0 Å². The van der Waals surface area contributed by atoms with Gasteiger partial charge in [-0.15, -0.1) is 0 Å². The fourth-order valence-electron chi connectivity index (χ4n) is 2.12. The number of carbonyl (C=O) groups is 1. The van der Waals surface area contributed by atoms with Crippen molar-refractivity contribution < 1.29 is 22.9 Å². The van der Waals surface area contributed by atoms with Gasteiger partial charge in [0.05, 0.1) is 9.82 Å². The second kappa shape index (κ2) is 5.78. The topological polar surface area (TPSA) is 107 Å². The lowest BCUT2D eigenvalue weighted by Gasteiger charge is -2.23. The number of benzene rings is 1. The molecule has 1 aliphatic heterocycles. The van der Waals surface area contributed by atoms with E-state index in [0.717, 1.165) is 28.6 Å². The molecule has 0 saturated carbocycles. The van der Waals surface area contributed by atoms with Crippen LogP contribution in [0.4, 0.5) is 5.69 Å². The minimum atomic E-state index is -4.07. The molecule has 0 radical (unpaired) electrons. The maximum absolute atomic E-state index is 12.5. The maximum atomic E-state index is 12.5. The molecule has 21 heavy (non-hydrogen) atoms. The molecule has 1 saturated heterocycles. The maximum Gasteiger partial charge on any atom is 0.269 e. The van der Waals surface area contributed by atoms with Crippen LogP contribution in [-0.2, 0) is 19.6 Å². The Balaban J connectivity index is 2.36. The SMILES string of the molecule is CCO[C@H]1CCC(=O)N1S(=O)(=O)c1ccc([N+](=O)[O-])cc1. The van der Waals surface area contributed by atoms with Crippen LogP contribution in [0.5, 0.6) is 0 Å². The summed E-state index contributed by atoms with van der Waals surface area (Å²) in [6.07, 6.45) is -0.418. The highest BCUT2D eigenvalue weighted by atomic mass is 32.2. The largest absolute Gasteiger partial charge is 0.357 e. The molecule has 0 aliphatic carbocycles. The molecule has 8 nitrogen and oxygen atoms in total. The summed E-state index contributed by atoms with van der Waals surface area (Å²) in [5.74, 6) is -0.535. The van der Waals surface area contributed by atoms with Gasteiger partial charge in [0.15, 0.2) is 0 Å². The normalized spacial score (nSPS) is 19.0. The molecule has 1 atom stereocenters. The first-order valence-electron chi connectivity index (χ1n) is 6.31. The van der Waals surface area contributed by atoms with E-state index in [-0.39, 0.29) is 23.6 Å². The molecule has 1 heterocycles. The van der Waals surface area contributed by atoms with Crippen LogP contribution in [-0.4, -0.2) is 36.4 Å². The third-order valence-electron chi connectivity index (χ3n) is 3.08. The zero-order valence-electron chi connectivity index (χ0n) is 11.3. The number of carbonyl (C=O) groups excluding carboxylic acids is 1. The summed E-state index contributed by atoms with van der Waals surface area (Å²) in [5.41, 5.74) is -0.219. The van der Waals surface area contributed by atoms with E-state index >= 15 is 0 Å². The molecule has 0 aromatic heterocycles. The Morgan fingerprint density at radius 1 is 1.38 bits per heavy atom. The summed E-state index contributed by atoms with van der Waals surface area (Å²) < 4.78 is 30.9. The van der Waals surface area contributed by atoms with Crippen LogP contribution in [0.3, 0.4) is 0 Å². The number of rotatable bonds is 5. The number of sulfonamides is 1. The van der Waals surface area contributed by atoms with E-state index in [1.807, 2.05) is 0 Å². The number of nitro benzene ring substituents is 1. The number of nitrogens with zero attached hydrogens (tertiary/aromatic N) is 2. The van der Waals surface area contributed by atoms with Gasteiger partial charge in [-0.3, -0.25) is 14.9 Å².